The van der Waals surface area contributed by atoms with Crippen molar-refractivity contribution in [1.29, 1.82) is 0 Å². The van der Waals surface area contributed by atoms with Crippen LogP contribution in [0.2, 0.25) is 5.02 Å². The van der Waals surface area contributed by atoms with Gasteiger partial charge in [0.2, 0.25) is 0 Å². The molecular formula is C31H34ClN5O2S. The number of carbonyl (C=O) groups excluding carboxylic acids is 2. The van der Waals surface area contributed by atoms with Gasteiger partial charge >= 0.3 is 0 Å². The second kappa shape index (κ2) is 13.3. The highest BCUT2D eigenvalue weighted by atomic mass is 35.5. The lowest BCUT2D eigenvalue weighted by atomic mass is 10.2. The molecule has 0 N–H and O–H groups in total. The van der Waals surface area contributed by atoms with E-state index in [0.29, 0.717) is 49.0 Å². The monoisotopic (exact) mass is 575 g/mol. The van der Waals surface area contributed by atoms with Crippen molar-refractivity contribution in [2.45, 2.75) is 33.0 Å². The minimum atomic E-state index is -0.0776. The van der Waals surface area contributed by atoms with Gasteiger partial charge < -0.3 is 14.4 Å². The standard InChI is InChI=1S/C31H34ClN5O2S/c1-2-14-37(30(38)26-12-6-7-13-27(26)32)21-25-11-8-15-36(25)22-29-33-28(23-40-29)31(39)35-18-16-34(17-19-35)20-24-9-4-3-5-10-24/h3-13,15,23H,2,14,16-22H2,1H3. The van der Waals surface area contributed by atoms with Crippen LogP contribution in [0.1, 0.15) is 50.5 Å². The zero-order chi connectivity index (χ0) is 27.9. The Hall–Kier alpha value is -3.46. The van der Waals surface area contributed by atoms with Crippen LogP contribution in [0.3, 0.4) is 0 Å². The normalized spacial score (nSPS) is 13.9. The number of halogens is 1. The van der Waals surface area contributed by atoms with E-state index >= 15 is 0 Å². The van der Waals surface area contributed by atoms with Crippen LogP contribution in [-0.4, -0.2) is 68.8 Å². The average molecular weight is 576 g/mol. The molecule has 4 aromatic rings. The maximum absolute atomic E-state index is 13.3. The lowest BCUT2D eigenvalue weighted by Crippen LogP contribution is -2.48. The largest absolute Gasteiger partial charge is 0.343 e. The first-order valence-corrected chi connectivity index (χ1v) is 15.0. The Balaban J connectivity index is 1.19. The molecule has 7 nitrogen and oxygen atoms in total. The second-order valence-electron chi connectivity index (χ2n) is 10.0. The summed E-state index contributed by atoms with van der Waals surface area (Å²) in [5, 5.41) is 3.19. The van der Waals surface area contributed by atoms with E-state index in [4.69, 9.17) is 16.6 Å². The summed E-state index contributed by atoms with van der Waals surface area (Å²) < 4.78 is 2.10. The van der Waals surface area contributed by atoms with Crippen molar-refractivity contribution in [1.82, 2.24) is 24.3 Å². The Labute approximate surface area is 244 Å². The van der Waals surface area contributed by atoms with Crippen LogP contribution in [0.5, 0.6) is 0 Å². The predicted molar refractivity (Wildman–Crippen MR) is 160 cm³/mol. The molecule has 208 valence electrons. The van der Waals surface area contributed by atoms with Gasteiger partial charge in [0.05, 0.1) is 23.7 Å². The first kappa shape index (κ1) is 28.1. The first-order valence-electron chi connectivity index (χ1n) is 13.7. The lowest BCUT2D eigenvalue weighted by molar-refractivity contribution is 0.0623. The zero-order valence-electron chi connectivity index (χ0n) is 22.7. The average Bonchev–Trinajstić information content (AvgIpc) is 3.63. The molecule has 0 aliphatic carbocycles. The fraction of sp³-hybridized carbons (Fsp3) is 0.323. The van der Waals surface area contributed by atoms with Crippen LogP contribution in [0.15, 0.2) is 78.3 Å². The topological polar surface area (TPSA) is 61.7 Å². The highest BCUT2D eigenvalue weighted by molar-refractivity contribution is 7.09. The molecule has 1 fully saturated rings. The molecule has 0 radical (unpaired) electrons. The molecule has 0 spiro atoms. The summed E-state index contributed by atoms with van der Waals surface area (Å²) in [4.78, 5) is 37.3. The number of nitrogens with zero attached hydrogens (tertiary/aromatic N) is 5. The van der Waals surface area contributed by atoms with E-state index in [-0.39, 0.29) is 11.8 Å². The van der Waals surface area contributed by atoms with E-state index in [1.165, 1.54) is 16.9 Å². The molecule has 0 unspecified atom stereocenters. The minimum Gasteiger partial charge on any atom is -0.343 e. The third kappa shape index (κ3) is 6.81. The summed E-state index contributed by atoms with van der Waals surface area (Å²) in [5.74, 6) is -0.0831. The van der Waals surface area contributed by atoms with Crippen LogP contribution in [0.4, 0.5) is 0 Å². The molecule has 1 aliphatic rings. The molecule has 5 rings (SSSR count). The molecule has 3 heterocycles. The second-order valence-corrected chi connectivity index (χ2v) is 11.4. The van der Waals surface area contributed by atoms with Crippen LogP contribution >= 0.6 is 22.9 Å². The van der Waals surface area contributed by atoms with E-state index in [0.717, 1.165) is 36.8 Å². The van der Waals surface area contributed by atoms with Gasteiger partial charge in [0, 0.05) is 56.5 Å². The van der Waals surface area contributed by atoms with Gasteiger partial charge in [-0.05, 0) is 36.2 Å². The van der Waals surface area contributed by atoms with Gasteiger partial charge in [-0.25, -0.2) is 4.98 Å². The quantitative estimate of drug-likeness (QED) is 0.245. The third-order valence-electron chi connectivity index (χ3n) is 7.15. The fourth-order valence-corrected chi connectivity index (χ4v) is 5.99. The molecule has 0 bridgehead atoms. The van der Waals surface area contributed by atoms with Gasteiger partial charge in [-0.15, -0.1) is 11.3 Å². The van der Waals surface area contributed by atoms with Crippen LogP contribution in [-0.2, 0) is 19.6 Å². The smallest absolute Gasteiger partial charge is 0.273 e. The number of piperazine rings is 1. The Morgan fingerprint density at radius 1 is 0.950 bits per heavy atom. The molecule has 9 heteroatoms. The molecule has 2 aromatic carbocycles. The van der Waals surface area contributed by atoms with Crippen molar-refractivity contribution >= 4 is 34.8 Å². The number of rotatable bonds is 10. The van der Waals surface area contributed by atoms with Gasteiger partial charge in [0.15, 0.2) is 0 Å². The van der Waals surface area contributed by atoms with Gasteiger partial charge in [0.1, 0.15) is 10.7 Å². The van der Waals surface area contributed by atoms with E-state index in [1.54, 1.807) is 12.1 Å². The van der Waals surface area contributed by atoms with Crippen molar-refractivity contribution in [2.24, 2.45) is 0 Å². The van der Waals surface area contributed by atoms with E-state index in [9.17, 15) is 9.59 Å². The first-order chi connectivity index (χ1) is 19.5. The third-order valence-corrected chi connectivity index (χ3v) is 8.31. The van der Waals surface area contributed by atoms with Crippen molar-refractivity contribution < 1.29 is 9.59 Å². The van der Waals surface area contributed by atoms with Crippen molar-refractivity contribution in [3.05, 3.63) is 111 Å². The Morgan fingerprint density at radius 2 is 1.70 bits per heavy atom. The number of thiazole rings is 1. The van der Waals surface area contributed by atoms with Crippen LogP contribution < -0.4 is 0 Å². The molecule has 0 saturated carbocycles. The van der Waals surface area contributed by atoms with Crippen molar-refractivity contribution in [3.8, 4) is 0 Å². The van der Waals surface area contributed by atoms with Gasteiger partial charge in [-0.2, -0.15) is 0 Å². The summed E-state index contributed by atoms with van der Waals surface area (Å²) in [7, 11) is 0. The molecule has 2 aromatic heterocycles. The van der Waals surface area contributed by atoms with E-state index in [1.807, 2.05) is 51.7 Å². The number of hydrogen-bond acceptors (Lipinski definition) is 5. The molecule has 40 heavy (non-hydrogen) atoms. The Bertz CT molecular complexity index is 1430. The molecule has 1 aliphatic heterocycles. The fourth-order valence-electron chi connectivity index (χ4n) is 5.01. The Kier molecular flexibility index (Phi) is 9.31. The van der Waals surface area contributed by atoms with Gasteiger partial charge in [-0.3, -0.25) is 14.5 Å². The summed E-state index contributed by atoms with van der Waals surface area (Å²) in [6, 6.07) is 21.6. The number of amides is 2. The van der Waals surface area contributed by atoms with E-state index < -0.39 is 0 Å². The van der Waals surface area contributed by atoms with Gasteiger partial charge in [0.25, 0.3) is 11.8 Å². The number of aromatic nitrogens is 2. The number of hydrogen-bond donors (Lipinski definition) is 0. The molecular weight excluding hydrogens is 542 g/mol. The van der Waals surface area contributed by atoms with Crippen molar-refractivity contribution in [2.75, 3.05) is 32.7 Å². The molecule has 1 saturated heterocycles. The van der Waals surface area contributed by atoms with Crippen molar-refractivity contribution in [3.63, 3.8) is 0 Å². The SMILES string of the molecule is CCCN(Cc1cccn1Cc1nc(C(=O)N2CCN(Cc3ccccc3)CC2)cs1)C(=O)c1ccccc1Cl. The highest BCUT2D eigenvalue weighted by Gasteiger charge is 2.24. The number of benzene rings is 2. The van der Waals surface area contributed by atoms with Crippen LogP contribution in [0, 0.1) is 0 Å². The van der Waals surface area contributed by atoms with Crippen LogP contribution in [0.25, 0.3) is 0 Å². The van der Waals surface area contributed by atoms with Gasteiger partial charge in [-0.1, -0.05) is 61.0 Å². The predicted octanol–water partition coefficient (Wildman–Crippen LogP) is 5.66. The zero-order valence-corrected chi connectivity index (χ0v) is 24.3. The Morgan fingerprint density at radius 3 is 2.45 bits per heavy atom. The molecule has 2 amide bonds. The highest BCUT2D eigenvalue weighted by Crippen LogP contribution is 2.21. The summed E-state index contributed by atoms with van der Waals surface area (Å²) in [6.07, 6.45) is 2.84. The molecule has 0 atom stereocenters. The van der Waals surface area contributed by atoms with E-state index in [2.05, 4.69) is 40.7 Å². The summed E-state index contributed by atoms with van der Waals surface area (Å²) in [6.45, 7) is 7.72. The maximum Gasteiger partial charge on any atom is 0.273 e. The summed E-state index contributed by atoms with van der Waals surface area (Å²) >= 11 is 7.81. The minimum absolute atomic E-state index is 0.00551. The summed E-state index contributed by atoms with van der Waals surface area (Å²) in [5.41, 5.74) is 3.32. The lowest BCUT2D eigenvalue weighted by Gasteiger charge is -2.34. The maximum atomic E-state index is 13.3. The number of carbonyl (C=O) groups is 2.